The average molecular weight is 490 g/mol. The van der Waals surface area contributed by atoms with E-state index in [2.05, 4.69) is 4.57 Å². The summed E-state index contributed by atoms with van der Waals surface area (Å²) >= 11 is 0. The van der Waals surface area contributed by atoms with E-state index in [1.165, 1.54) is 0 Å². The van der Waals surface area contributed by atoms with E-state index in [-0.39, 0.29) is 24.4 Å². The highest BCUT2D eigenvalue weighted by Crippen LogP contribution is 2.42. The topological polar surface area (TPSA) is 58.7 Å². The zero-order valence-electron chi connectivity index (χ0n) is 20.7. The van der Waals surface area contributed by atoms with Crippen molar-refractivity contribution in [2.75, 3.05) is 11.4 Å². The predicted molar refractivity (Wildman–Crippen MR) is 144 cm³/mol. The maximum Gasteiger partial charge on any atom is 0.255 e. The van der Waals surface area contributed by atoms with Gasteiger partial charge in [-0.25, -0.2) is 0 Å². The van der Waals surface area contributed by atoms with Crippen molar-refractivity contribution in [1.29, 1.82) is 0 Å². The molecule has 0 saturated carbocycles. The molecule has 3 heterocycles. The molecule has 0 spiro atoms. The third-order valence-corrected chi connectivity index (χ3v) is 7.01. The molecule has 1 aliphatic heterocycles. The number of nitrogens with zero attached hydrogens (tertiary/aromatic N) is 3. The Kier molecular flexibility index (Phi) is 5.64. The van der Waals surface area contributed by atoms with Gasteiger partial charge in [0.2, 0.25) is 5.91 Å². The third-order valence-electron chi connectivity index (χ3n) is 7.01. The molecule has 6 rings (SSSR count). The van der Waals surface area contributed by atoms with Crippen LogP contribution >= 0.6 is 0 Å². The van der Waals surface area contributed by atoms with Crippen molar-refractivity contribution in [3.63, 3.8) is 0 Å². The molecule has 37 heavy (non-hydrogen) atoms. The standard InChI is InChI=1S/C31H27N3O3/c1-21(2)33(31(36)24-13-7-11-22-10-3-4-12-23(22)24)20-29(35)34-26-15-6-5-14-25(26)32-18-8-16-27(32)30(34)28-17-9-19-37-28/h3-19,21,30H,20H2,1-2H3. The quantitative estimate of drug-likeness (QED) is 0.295. The first-order chi connectivity index (χ1) is 18.0. The highest BCUT2D eigenvalue weighted by atomic mass is 16.3. The van der Waals surface area contributed by atoms with Gasteiger partial charge in [-0.2, -0.15) is 0 Å². The maximum absolute atomic E-state index is 14.2. The molecule has 0 radical (unpaired) electrons. The van der Waals surface area contributed by atoms with E-state index in [4.69, 9.17) is 4.42 Å². The van der Waals surface area contributed by atoms with Crippen molar-refractivity contribution in [1.82, 2.24) is 9.47 Å². The number of carbonyl (C=O) groups is 2. The van der Waals surface area contributed by atoms with Crippen LogP contribution in [0.25, 0.3) is 16.5 Å². The van der Waals surface area contributed by atoms with E-state index in [1.807, 2.05) is 111 Å². The Bertz CT molecular complexity index is 1590. The number of hydrogen-bond acceptors (Lipinski definition) is 3. The van der Waals surface area contributed by atoms with E-state index in [0.29, 0.717) is 11.3 Å². The van der Waals surface area contributed by atoms with Gasteiger partial charge in [0.05, 0.1) is 23.3 Å². The molecule has 0 saturated heterocycles. The zero-order chi connectivity index (χ0) is 25.5. The molecule has 2 amide bonds. The number of rotatable bonds is 5. The van der Waals surface area contributed by atoms with Crippen LogP contribution in [0.4, 0.5) is 5.69 Å². The van der Waals surface area contributed by atoms with Crippen LogP contribution in [0.15, 0.2) is 108 Å². The molecule has 6 heteroatoms. The van der Waals surface area contributed by atoms with Crippen LogP contribution in [0.5, 0.6) is 0 Å². The fourth-order valence-electron chi connectivity index (χ4n) is 5.25. The summed E-state index contributed by atoms with van der Waals surface area (Å²) in [6, 6.07) is 28.4. The van der Waals surface area contributed by atoms with Crippen molar-refractivity contribution < 1.29 is 14.0 Å². The maximum atomic E-state index is 14.2. The van der Waals surface area contributed by atoms with E-state index in [1.54, 1.807) is 16.1 Å². The van der Waals surface area contributed by atoms with Gasteiger partial charge in [-0.1, -0.05) is 48.5 Å². The molecule has 6 nitrogen and oxygen atoms in total. The van der Waals surface area contributed by atoms with Gasteiger partial charge in [0.15, 0.2) is 0 Å². The van der Waals surface area contributed by atoms with Crippen molar-refractivity contribution in [3.8, 4) is 5.69 Å². The molecule has 0 aliphatic carbocycles. The summed E-state index contributed by atoms with van der Waals surface area (Å²) in [6.07, 6.45) is 3.62. The highest BCUT2D eigenvalue weighted by molar-refractivity contribution is 6.09. The van der Waals surface area contributed by atoms with Gasteiger partial charge in [0, 0.05) is 17.8 Å². The Morgan fingerprint density at radius 1 is 0.865 bits per heavy atom. The molecule has 0 fully saturated rings. The summed E-state index contributed by atoms with van der Waals surface area (Å²) in [4.78, 5) is 31.5. The number of furan rings is 1. The first-order valence-electron chi connectivity index (χ1n) is 12.5. The SMILES string of the molecule is CC(C)N(CC(=O)N1c2ccccc2-n2cccc2C1c1ccco1)C(=O)c1cccc2ccccc12. The molecule has 184 valence electrons. The third kappa shape index (κ3) is 3.82. The van der Waals surface area contributed by atoms with E-state index in [9.17, 15) is 9.59 Å². The Morgan fingerprint density at radius 3 is 2.41 bits per heavy atom. The molecule has 1 aliphatic rings. The Labute approximate surface area is 215 Å². The van der Waals surface area contributed by atoms with Gasteiger partial charge in [-0.3, -0.25) is 14.5 Å². The van der Waals surface area contributed by atoms with Gasteiger partial charge >= 0.3 is 0 Å². The summed E-state index contributed by atoms with van der Waals surface area (Å²) < 4.78 is 7.92. The monoisotopic (exact) mass is 489 g/mol. The van der Waals surface area contributed by atoms with Crippen molar-refractivity contribution in [3.05, 3.63) is 120 Å². The molecule has 0 bridgehead atoms. The smallest absolute Gasteiger partial charge is 0.255 e. The molecular formula is C31H27N3O3. The minimum Gasteiger partial charge on any atom is -0.467 e. The molecule has 1 atom stereocenters. The van der Waals surface area contributed by atoms with Crippen LogP contribution in [0.3, 0.4) is 0 Å². The second-order valence-corrected chi connectivity index (χ2v) is 9.53. The van der Waals surface area contributed by atoms with Gasteiger partial charge < -0.3 is 13.9 Å². The van der Waals surface area contributed by atoms with E-state index in [0.717, 1.165) is 27.8 Å². The zero-order valence-corrected chi connectivity index (χ0v) is 20.7. The second kappa shape index (κ2) is 9.13. The van der Waals surface area contributed by atoms with Crippen molar-refractivity contribution in [2.24, 2.45) is 0 Å². The minimum absolute atomic E-state index is 0.0635. The number of amides is 2. The molecule has 5 aromatic rings. The van der Waals surface area contributed by atoms with Gasteiger partial charge in [-0.05, 0) is 67.1 Å². The van der Waals surface area contributed by atoms with Crippen LogP contribution < -0.4 is 4.90 Å². The predicted octanol–water partition coefficient (Wildman–Crippen LogP) is 6.21. The summed E-state index contributed by atoms with van der Waals surface area (Å²) in [7, 11) is 0. The number of aromatic nitrogens is 1. The van der Waals surface area contributed by atoms with Crippen molar-refractivity contribution >= 4 is 28.3 Å². The molecule has 0 N–H and O–H groups in total. The molecule has 1 unspecified atom stereocenters. The Hall–Kier alpha value is -4.58. The fraction of sp³-hybridized carbons (Fsp3) is 0.161. The number of fused-ring (bicyclic) bond motifs is 4. The summed E-state index contributed by atoms with van der Waals surface area (Å²) in [6.45, 7) is 3.82. The normalized spacial score (nSPS) is 14.5. The summed E-state index contributed by atoms with van der Waals surface area (Å²) in [5, 5.41) is 1.87. The summed E-state index contributed by atoms with van der Waals surface area (Å²) in [5.74, 6) is 0.325. The minimum atomic E-state index is -0.450. The first kappa shape index (κ1) is 22.9. The number of para-hydroxylation sites is 2. The van der Waals surface area contributed by atoms with Crippen LogP contribution in [-0.2, 0) is 4.79 Å². The van der Waals surface area contributed by atoms with Crippen LogP contribution in [0.1, 0.15) is 41.7 Å². The summed E-state index contributed by atoms with van der Waals surface area (Å²) in [5.41, 5.74) is 3.21. The van der Waals surface area contributed by atoms with Crippen molar-refractivity contribution in [2.45, 2.75) is 25.9 Å². The largest absolute Gasteiger partial charge is 0.467 e. The molecular weight excluding hydrogens is 462 g/mol. The van der Waals surface area contributed by atoms with E-state index < -0.39 is 6.04 Å². The van der Waals surface area contributed by atoms with Crippen LogP contribution in [0.2, 0.25) is 0 Å². The van der Waals surface area contributed by atoms with Gasteiger partial charge in [0.25, 0.3) is 5.91 Å². The first-order valence-corrected chi connectivity index (χ1v) is 12.5. The fourth-order valence-corrected chi connectivity index (χ4v) is 5.25. The second-order valence-electron chi connectivity index (χ2n) is 9.53. The van der Waals surface area contributed by atoms with Gasteiger partial charge in [0.1, 0.15) is 18.3 Å². The number of carbonyl (C=O) groups excluding carboxylic acids is 2. The number of benzene rings is 3. The van der Waals surface area contributed by atoms with Gasteiger partial charge in [-0.15, -0.1) is 0 Å². The lowest BCUT2D eigenvalue weighted by Crippen LogP contribution is -2.48. The van der Waals surface area contributed by atoms with E-state index >= 15 is 0 Å². The van der Waals surface area contributed by atoms with Crippen LogP contribution in [-0.4, -0.2) is 33.9 Å². The van der Waals surface area contributed by atoms with Crippen LogP contribution in [0, 0.1) is 0 Å². The lowest BCUT2D eigenvalue weighted by Gasteiger charge is -2.38. The molecule has 2 aromatic heterocycles. The average Bonchev–Trinajstić information content (AvgIpc) is 3.63. The number of hydrogen-bond donors (Lipinski definition) is 0. The Morgan fingerprint density at radius 2 is 1.62 bits per heavy atom. The lowest BCUT2D eigenvalue weighted by molar-refractivity contribution is -0.120. The molecule has 3 aromatic carbocycles. The Balaban J connectivity index is 1.41. The lowest BCUT2D eigenvalue weighted by atomic mass is 10.0. The highest BCUT2D eigenvalue weighted by Gasteiger charge is 2.38. The number of anilines is 1.